The van der Waals surface area contributed by atoms with Gasteiger partial charge in [-0.2, -0.15) is 0 Å². The summed E-state index contributed by atoms with van der Waals surface area (Å²) in [6.45, 7) is 0.359. The number of nitrogens with one attached hydrogen (secondary N) is 2. The highest BCUT2D eigenvalue weighted by molar-refractivity contribution is 5.83. The monoisotopic (exact) mass is 354 g/mol. The van der Waals surface area contributed by atoms with Crippen molar-refractivity contribution in [3.05, 3.63) is 36.0 Å². The fraction of sp³-hybridized carbons (Fsp3) is 0.524. The molecule has 5 nitrogen and oxygen atoms in total. The van der Waals surface area contributed by atoms with E-state index in [1.54, 1.807) is 0 Å². The zero-order valence-electron chi connectivity index (χ0n) is 15.0. The Morgan fingerprint density at radius 1 is 1.19 bits per heavy atom. The summed E-state index contributed by atoms with van der Waals surface area (Å²) >= 11 is 0. The molecule has 0 saturated heterocycles. The molecule has 0 aliphatic heterocycles. The van der Waals surface area contributed by atoms with E-state index in [9.17, 15) is 9.59 Å². The molecule has 2 aliphatic carbocycles. The van der Waals surface area contributed by atoms with Crippen molar-refractivity contribution in [1.29, 1.82) is 0 Å². The van der Waals surface area contributed by atoms with Crippen molar-refractivity contribution < 1.29 is 14.3 Å². The van der Waals surface area contributed by atoms with Gasteiger partial charge < -0.3 is 15.0 Å². The maximum atomic E-state index is 12.0. The molecule has 1 aromatic heterocycles. The number of rotatable bonds is 7. The third-order valence-corrected chi connectivity index (χ3v) is 6.07. The van der Waals surface area contributed by atoms with Crippen LogP contribution in [0.4, 0.5) is 0 Å². The fourth-order valence-corrected chi connectivity index (χ4v) is 4.77. The first-order valence-electron chi connectivity index (χ1n) is 9.66. The maximum Gasteiger partial charge on any atom is 0.306 e. The van der Waals surface area contributed by atoms with Gasteiger partial charge in [-0.1, -0.05) is 24.6 Å². The predicted octanol–water partition coefficient (Wildman–Crippen LogP) is 3.20. The van der Waals surface area contributed by atoms with Crippen LogP contribution in [0.25, 0.3) is 10.9 Å². The summed E-state index contributed by atoms with van der Waals surface area (Å²) in [7, 11) is 0. The Labute approximate surface area is 153 Å². The van der Waals surface area contributed by atoms with Crippen molar-refractivity contribution in [2.24, 2.45) is 17.8 Å². The highest BCUT2D eigenvalue weighted by Crippen LogP contribution is 2.49. The average Bonchev–Trinajstić information content (AvgIpc) is 3.36. The first-order valence-corrected chi connectivity index (χ1v) is 9.66. The van der Waals surface area contributed by atoms with Crippen LogP contribution in [0.1, 0.15) is 37.7 Å². The Morgan fingerprint density at radius 2 is 2.08 bits per heavy atom. The van der Waals surface area contributed by atoms with Crippen molar-refractivity contribution in [1.82, 2.24) is 10.3 Å². The number of hydrogen-bond donors (Lipinski definition) is 2. The van der Waals surface area contributed by atoms with Crippen molar-refractivity contribution >= 4 is 22.8 Å². The summed E-state index contributed by atoms with van der Waals surface area (Å²) in [6, 6.07) is 8.11. The van der Waals surface area contributed by atoms with E-state index in [4.69, 9.17) is 4.74 Å². The van der Waals surface area contributed by atoms with Crippen molar-refractivity contribution in [2.45, 2.75) is 38.5 Å². The molecule has 0 spiro atoms. The Kier molecular flexibility index (Phi) is 4.96. The van der Waals surface area contributed by atoms with E-state index in [0.717, 1.165) is 24.3 Å². The van der Waals surface area contributed by atoms with E-state index in [-0.39, 0.29) is 18.5 Å². The van der Waals surface area contributed by atoms with Gasteiger partial charge in [0.25, 0.3) is 5.91 Å². The van der Waals surface area contributed by atoms with Gasteiger partial charge in [-0.05, 0) is 55.1 Å². The van der Waals surface area contributed by atoms with Crippen LogP contribution >= 0.6 is 0 Å². The second kappa shape index (κ2) is 7.52. The molecule has 2 aromatic rings. The molecule has 1 heterocycles. The Balaban J connectivity index is 1.16. The van der Waals surface area contributed by atoms with Crippen LogP contribution in [0.15, 0.2) is 30.5 Å². The first-order chi connectivity index (χ1) is 12.7. The van der Waals surface area contributed by atoms with Gasteiger partial charge in [-0.15, -0.1) is 0 Å². The standard InChI is InChI=1S/C21H26N2O3/c24-20(13-26-21(25)11-17-10-14-5-6-15(17)9-14)22-8-7-16-12-23-19-4-2-1-3-18(16)19/h1-4,12,14-15,17,23H,5-11,13H2,(H,22,24)/t14-,15+,17-/m0/s1. The lowest BCUT2D eigenvalue weighted by Crippen LogP contribution is -2.31. The van der Waals surface area contributed by atoms with E-state index < -0.39 is 0 Å². The summed E-state index contributed by atoms with van der Waals surface area (Å²) < 4.78 is 5.17. The average molecular weight is 354 g/mol. The largest absolute Gasteiger partial charge is 0.456 e. The lowest BCUT2D eigenvalue weighted by atomic mass is 9.86. The summed E-state index contributed by atoms with van der Waals surface area (Å²) in [5.74, 6) is 1.55. The summed E-state index contributed by atoms with van der Waals surface area (Å²) in [5, 5.41) is 4.01. The summed E-state index contributed by atoms with van der Waals surface area (Å²) in [4.78, 5) is 27.1. The second-order valence-corrected chi connectivity index (χ2v) is 7.76. The zero-order chi connectivity index (χ0) is 17.9. The third kappa shape index (κ3) is 3.76. The number of carbonyl (C=O) groups is 2. The number of aromatic amines is 1. The van der Waals surface area contributed by atoms with Crippen LogP contribution < -0.4 is 5.32 Å². The van der Waals surface area contributed by atoms with Gasteiger partial charge in [0.2, 0.25) is 0 Å². The van der Waals surface area contributed by atoms with E-state index in [1.165, 1.54) is 30.2 Å². The summed E-state index contributed by atoms with van der Waals surface area (Å²) in [6.07, 6.45) is 8.24. The minimum atomic E-state index is -0.230. The van der Waals surface area contributed by atoms with Gasteiger partial charge in [0.05, 0.1) is 0 Å². The number of amides is 1. The molecule has 2 bridgehead atoms. The molecule has 26 heavy (non-hydrogen) atoms. The number of H-pyrrole nitrogens is 1. The molecule has 3 atom stereocenters. The first kappa shape index (κ1) is 17.1. The predicted molar refractivity (Wildman–Crippen MR) is 99.5 cm³/mol. The number of ether oxygens (including phenoxy) is 1. The SMILES string of the molecule is O=C(COC(=O)C[C@@H]1C[C@H]2CC[C@@H]1C2)NCCc1c[nH]c2ccccc12. The molecule has 2 aliphatic rings. The lowest BCUT2D eigenvalue weighted by Gasteiger charge is -2.20. The highest BCUT2D eigenvalue weighted by atomic mass is 16.5. The highest BCUT2D eigenvalue weighted by Gasteiger charge is 2.40. The molecule has 138 valence electrons. The minimum Gasteiger partial charge on any atom is -0.456 e. The van der Waals surface area contributed by atoms with Crippen LogP contribution in [0.5, 0.6) is 0 Å². The Bertz CT molecular complexity index is 797. The number of esters is 1. The molecule has 2 N–H and O–H groups in total. The number of hydrogen-bond acceptors (Lipinski definition) is 3. The molecule has 5 heteroatoms. The Hall–Kier alpha value is -2.30. The fourth-order valence-electron chi connectivity index (χ4n) is 4.77. The molecule has 1 amide bonds. The maximum absolute atomic E-state index is 12.0. The van der Waals surface area contributed by atoms with Crippen LogP contribution in [0.3, 0.4) is 0 Å². The van der Waals surface area contributed by atoms with Gasteiger partial charge in [0, 0.05) is 30.1 Å². The van der Waals surface area contributed by atoms with Gasteiger partial charge in [-0.25, -0.2) is 0 Å². The van der Waals surface area contributed by atoms with E-state index in [1.807, 2.05) is 24.4 Å². The van der Waals surface area contributed by atoms with Crippen molar-refractivity contribution in [3.8, 4) is 0 Å². The number of aromatic nitrogens is 1. The Morgan fingerprint density at radius 3 is 2.88 bits per heavy atom. The van der Waals surface area contributed by atoms with E-state index in [2.05, 4.69) is 16.4 Å². The molecule has 0 radical (unpaired) electrons. The van der Waals surface area contributed by atoms with Crippen LogP contribution in [0.2, 0.25) is 0 Å². The quantitative estimate of drug-likeness (QED) is 0.750. The summed E-state index contributed by atoms with van der Waals surface area (Å²) in [5.41, 5.74) is 2.28. The zero-order valence-corrected chi connectivity index (χ0v) is 15.0. The van der Waals surface area contributed by atoms with Gasteiger partial charge >= 0.3 is 5.97 Å². The van der Waals surface area contributed by atoms with Crippen LogP contribution in [-0.4, -0.2) is 30.0 Å². The number of carbonyl (C=O) groups excluding carboxylic acids is 2. The number of benzene rings is 1. The third-order valence-electron chi connectivity index (χ3n) is 6.07. The molecular weight excluding hydrogens is 328 g/mol. The molecule has 4 rings (SSSR count). The topological polar surface area (TPSA) is 71.2 Å². The molecule has 0 unspecified atom stereocenters. The normalized spacial score (nSPS) is 24.1. The van der Waals surface area contributed by atoms with Crippen molar-refractivity contribution in [3.63, 3.8) is 0 Å². The van der Waals surface area contributed by atoms with Crippen LogP contribution in [0, 0.1) is 17.8 Å². The van der Waals surface area contributed by atoms with Gasteiger partial charge in [0.15, 0.2) is 6.61 Å². The number of para-hydroxylation sites is 1. The second-order valence-electron chi connectivity index (χ2n) is 7.76. The van der Waals surface area contributed by atoms with E-state index >= 15 is 0 Å². The molecule has 2 fully saturated rings. The van der Waals surface area contributed by atoms with E-state index in [0.29, 0.717) is 24.8 Å². The lowest BCUT2D eigenvalue weighted by molar-refractivity contribution is -0.149. The molecular formula is C21H26N2O3. The van der Waals surface area contributed by atoms with Crippen LogP contribution in [-0.2, 0) is 20.7 Å². The van der Waals surface area contributed by atoms with Crippen molar-refractivity contribution in [2.75, 3.05) is 13.2 Å². The number of fused-ring (bicyclic) bond motifs is 3. The smallest absolute Gasteiger partial charge is 0.306 e. The molecule has 1 aromatic carbocycles. The van der Waals surface area contributed by atoms with Gasteiger partial charge in [-0.3, -0.25) is 9.59 Å². The molecule has 2 saturated carbocycles. The van der Waals surface area contributed by atoms with Gasteiger partial charge in [0.1, 0.15) is 0 Å². The minimum absolute atomic E-state index is 0.173.